The van der Waals surface area contributed by atoms with Gasteiger partial charge in [0.2, 0.25) is 5.91 Å². The van der Waals surface area contributed by atoms with Crippen LogP contribution < -0.4 is 5.43 Å². The Balaban J connectivity index is 1.62. The Morgan fingerprint density at radius 3 is 2.88 bits per heavy atom. The standard InChI is InChI=1S/C18H17ClN4O/c1-13(11-23-12-20-16-8-4-5-9-17(16)23)18(24)22-21-10-14-6-2-3-7-15(14)19/h2-10,12-13H,11H2,1H3,(H,22,24)/b21-10+. The number of hydrazone groups is 1. The highest BCUT2D eigenvalue weighted by Crippen LogP contribution is 2.14. The highest BCUT2D eigenvalue weighted by Gasteiger charge is 2.14. The molecule has 1 N–H and O–H groups in total. The third-order valence-electron chi connectivity index (χ3n) is 3.73. The van der Waals surface area contributed by atoms with Crippen LogP contribution in [0.5, 0.6) is 0 Å². The summed E-state index contributed by atoms with van der Waals surface area (Å²) in [6.07, 6.45) is 3.29. The third kappa shape index (κ3) is 3.63. The summed E-state index contributed by atoms with van der Waals surface area (Å²) in [6, 6.07) is 15.2. The number of imidazole rings is 1. The number of benzene rings is 2. The van der Waals surface area contributed by atoms with Gasteiger partial charge in [-0.2, -0.15) is 5.10 Å². The Bertz CT molecular complexity index is 887. The summed E-state index contributed by atoms with van der Waals surface area (Å²) < 4.78 is 1.97. The average molecular weight is 341 g/mol. The molecule has 0 spiro atoms. The van der Waals surface area contributed by atoms with Gasteiger partial charge in [-0.15, -0.1) is 0 Å². The topological polar surface area (TPSA) is 59.3 Å². The van der Waals surface area contributed by atoms with Crippen molar-refractivity contribution in [3.05, 3.63) is 65.4 Å². The van der Waals surface area contributed by atoms with Gasteiger partial charge in [0.05, 0.1) is 29.5 Å². The molecule has 1 amide bonds. The van der Waals surface area contributed by atoms with E-state index in [0.717, 1.165) is 16.6 Å². The molecule has 3 aromatic rings. The number of para-hydroxylation sites is 2. The molecule has 1 heterocycles. The fraction of sp³-hybridized carbons (Fsp3) is 0.167. The van der Waals surface area contributed by atoms with Crippen LogP contribution in [-0.2, 0) is 11.3 Å². The van der Waals surface area contributed by atoms with Crippen LogP contribution in [0, 0.1) is 5.92 Å². The number of carbonyl (C=O) groups is 1. The molecule has 0 bridgehead atoms. The van der Waals surface area contributed by atoms with Crippen LogP contribution in [0.1, 0.15) is 12.5 Å². The molecule has 0 fully saturated rings. The zero-order valence-electron chi connectivity index (χ0n) is 13.2. The molecule has 1 atom stereocenters. The second-order valence-electron chi connectivity index (χ2n) is 5.54. The lowest BCUT2D eigenvalue weighted by Crippen LogP contribution is -2.27. The molecule has 1 aromatic heterocycles. The van der Waals surface area contributed by atoms with Crippen molar-refractivity contribution in [2.24, 2.45) is 11.0 Å². The number of amides is 1. The maximum absolute atomic E-state index is 12.2. The molecule has 5 nitrogen and oxygen atoms in total. The molecule has 0 saturated carbocycles. The lowest BCUT2D eigenvalue weighted by Gasteiger charge is -2.11. The molecule has 122 valence electrons. The molecule has 2 aromatic carbocycles. The van der Waals surface area contributed by atoms with E-state index in [-0.39, 0.29) is 11.8 Å². The number of hydrogen-bond acceptors (Lipinski definition) is 3. The minimum absolute atomic E-state index is 0.156. The van der Waals surface area contributed by atoms with Crippen molar-refractivity contribution in [3.8, 4) is 0 Å². The van der Waals surface area contributed by atoms with E-state index in [1.807, 2.05) is 54.0 Å². The first-order valence-corrected chi connectivity index (χ1v) is 8.00. The summed E-state index contributed by atoms with van der Waals surface area (Å²) in [5.41, 5.74) is 5.24. The molecule has 0 aliphatic rings. The van der Waals surface area contributed by atoms with E-state index in [1.54, 1.807) is 18.6 Å². The van der Waals surface area contributed by atoms with Crippen molar-refractivity contribution in [1.82, 2.24) is 15.0 Å². The lowest BCUT2D eigenvalue weighted by molar-refractivity contribution is -0.124. The quantitative estimate of drug-likeness (QED) is 0.571. The van der Waals surface area contributed by atoms with E-state index < -0.39 is 0 Å². The fourth-order valence-corrected chi connectivity index (χ4v) is 2.57. The Hall–Kier alpha value is -2.66. The van der Waals surface area contributed by atoms with Gasteiger partial charge in [-0.05, 0) is 18.2 Å². The monoisotopic (exact) mass is 340 g/mol. The van der Waals surface area contributed by atoms with Crippen molar-refractivity contribution in [1.29, 1.82) is 0 Å². The Labute approximate surface area is 145 Å². The molecule has 0 aliphatic heterocycles. The van der Waals surface area contributed by atoms with Crippen LogP contribution >= 0.6 is 11.6 Å². The lowest BCUT2D eigenvalue weighted by atomic mass is 10.1. The van der Waals surface area contributed by atoms with Gasteiger partial charge in [0.1, 0.15) is 0 Å². The zero-order chi connectivity index (χ0) is 16.9. The van der Waals surface area contributed by atoms with Gasteiger partial charge in [-0.25, -0.2) is 10.4 Å². The molecule has 0 aliphatic carbocycles. The van der Waals surface area contributed by atoms with Crippen LogP contribution in [-0.4, -0.2) is 21.7 Å². The molecular weight excluding hydrogens is 324 g/mol. The molecule has 3 rings (SSSR count). The highest BCUT2D eigenvalue weighted by molar-refractivity contribution is 6.33. The number of aromatic nitrogens is 2. The Morgan fingerprint density at radius 2 is 2.04 bits per heavy atom. The van der Waals surface area contributed by atoms with Crippen LogP contribution in [0.15, 0.2) is 60.0 Å². The SMILES string of the molecule is CC(Cn1cnc2ccccc21)C(=O)N/N=C/c1ccccc1Cl. The fourth-order valence-electron chi connectivity index (χ4n) is 2.39. The molecule has 0 radical (unpaired) electrons. The van der Waals surface area contributed by atoms with Crippen LogP contribution in [0.4, 0.5) is 0 Å². The summed E-state index contributed by atoms with van der Waals surface area (Å²) in [5, 5.41) is 4.57. The van der Waals surface area contributed by atoms with Gasteiger partial charge in [-0.3, -0.25) is 4.79 Å². The largest absolute Gasteiger partial charge is 0.330 e. The van der Waals surface area contributed by atoms with Gasteiger partial charge in [0.25, 0.3) is 0 Å². The maximum atomic E-state index is 12.2. The van der Waals surface area contributed by atoms with Crippen molar-refractivity contribution in [2.75, 3.05) is 0 Å². The summed E-state index contributed by atoms with van der Waals surface area (Å²) in [4.78, 5) is 16.5. The van der Waals surface area contributed by atoms with E-state index in [4.69, 9.17) is 11.6 Å². The van der Waals surface area contributed by atoms with E-state index in [0.29, 0.717) is 11.6 Å². The average Bonchev–Trinajstić information content (AvgIpc) is 2.99. The number of halogens is 1. The minimum Gasteiger partial charge on any atom is -0.330 e. The van der Waals surface area contributed by atoms with Gasteiger partial charge < -0.3 is 4.57 Å². The second-order valence-corrected chi connectivity index (χ2v) is 5.95. The Morgan fingerprint density at radius 1 is 1.29 bits per heavy atom. The van der Waals surface area contributed by atoms with Crippen LogP contribution in [0.3, 0.4) is 0 Å². The number of fused-ring (bicyclic) bond motifs is 1. The maximum Gasteiger partial charge on any atom is 0.244 e. The van der Waals surface area contributed by atoms with Gasteiger partial charge in [0, 0.05) is 17.1 Å². The van der Waals surface area contributed by atoms with Gasteiger partial charge in [-0.1, -0.05) is 48.9 Å². The number of nitrogens with zero attached hydrogens (tertiary/aromatic N) is 3. The second kappa shape index (κ2) is 7.27. The predicted octanol–water partition coefficient (Wildman–Crippen LogP) is 3.48. The highest BCUT2D eigenvalue weighted by atomic mass is 35.5. The Kier molecular flexibility index (Phi) is 4.91. The first-order chi connectivity index (χ1) is 11.6. The van der Waals surface area contributed by atoms with Crippen LogP contribution in [0.25, 0.3) is 11.0 Å². The third-order valence-corrected chi connectivity index (χ3v) is 4.07. The number of carbonyl (C=O) groups excluding carboxylic acids is 1. The normalized spacial score (nSPS) is 12.6. The predicted molar refractivity (Wildman–Crippen MR) is 96.1 cm³/mol. The molecule has 24 heavy (non-hydrogen) atoms. The summed E-state index contributed by atoms with van der Waals surface area (Å²) in [5.74, 6) is -0.401. The minimum atomic E-state index is -0.244. The van der Waals surface area contributed by atoms with E-state index in [9.17, 15) is 4.79 Å². The molecule has 6 heteroatoms. The summed E-state index contributed by atoms with van der Waals surface area (Å²) in [7, 11) is 0. The molecule has 0 saturated heterocycles. The van der Waals surface area contributed by atoms with E-state index in [1.165, 1.54) is 0 Å². The van der Waals surface area contributed by atoms with E-state index in [2.05, 4.69) is 15.5 Å². The molecular formula is C18H17ClN4O. The first-order valence-electron chi connectivity index (χ1n) is 7.62. The number of nitrogens with one attached hydrogen (secondary N) is 1. The smallest absolute Gasteiger partial charge is 0.244 e. The number of rotatable bonds is 5. The summed E-state index contributed by atoms with van der Waals surface area (Å²) >= 11 is 6.04. The zero-order valence-corrected chi connectivity index (χ0v) is 13.9. The van der Waals surface area contributed by atoms with Crippen molar-refractivity contribution in [3.63, 3.8) is 0 Å². The van der Waals surface area contributed by atoms with Gasteiger partial charge >= 0.3 is 0 Å². The first kappa shape index (κ1) is 16.2. The van der Waals surface area contributed by atoms with Crippen molar-refractivity contribution >= 4 is 34.8 Å². The molecule has 1 unspecified atom stereocenters. The van der Waals surface area contributed by atoms with Gasteiger partial charge in [0.15, 0.2) is 0 Å². The van der Waals surface area contributed by atoms with Crippen LogP contribution in [0.2, 0.25) is 5.02 Å². The van der Waals surface area contributed by atoms with Crippen molar-refractivity contribution in [2.45, 2.75) is 13.5 Å². The van der Waals surface area contributed by atoms with E-state index >= 15 is 0 Å². The number of hydrogen-bond donors (Lipinski definition) is 1. The summed E-state index contributed by atoms with van der Waals surface area (Å²) in [6.45, 7) is 2.39. The van der Waals surface area contributed by atoms with Crippen molar-refractivity contribution < 1.29 is 4.79 Å².